The number of carbonyl (C=O) groups excluding carboxylic acids is 2. The highest BCUT2D eigenvalue weighted by Gasteiger charge is 2.31. The molecule has 0 aromatic carbocycles. The van der Waals surface area contributed by atoms with E-state index in [1.54, 1.807) is 0 Å². The van der Waals surface area contributed by atoms with Gasteiger partial charge in [0.15, 0.2) is 12.1 Å². The molecule has 0 rings (SSSR count). The van der Waals surface area contributed by atoms with Gasteiger partial charge in [-0.2, -0.15) is 0 Å². The van der Waals surface area contributed by atoms with Crippen molar-refractivity contribution in [2.24, 2.45) is 0 Å². The van der Waals surface area contributed by atoms with E-state index in [9.17, 15) is 14.2 Å². The number of hydrogen-bond donors (Lipinski definition) is 3. The van der Waals surface area contributed by atoms with Gasteiger partial charge in [-0.25, -0.2) is 9.09 Å². The van der Waals surface area contributed by atoms with E-state index in [0.717, 1.165) is 6.92 Å². The second-order valence-corrected chi connectivity index (χ2v) is 3.86. The summed E-state index contributed by atoms with van der Waals surface area (Å²) in [6, 6.07) is 0. The molecule has 0 heterocycles. The summed E-state index contributed by atoms with van der Waals surface area (Å²) in [7, 11) is -4.75. The molecule has 0 radical (unpaired) electrons. The molecule has 0 fully saturated rings. The number of phosphoric ester groups is 1. The number of hydrogen-bond acceptors (Lipinski definition) is 7. The largest absolute Gasteiger partial charge is 0.475 e. The van der Waals surface area contributed by atoms with Gasteiger partial charge < -0.3 is 19.9 Å². The van der Waals surface area contributed by atoms with Crippen LogP contribution in [0.1, 0.15) is 6.92 Å². The van der Waals surface area contributed by atoms with Crippen LogP contribution in [-0.2, 0) is 23.2 Å². The minimum absolute atomic E-state index is 0.0758. The molecule has 0 aromatic rings. The van der Waals surface area contributed by atoms with Gasteiger partial charge in [0.2, 0.25) is 6.29 Å². The molecule has 88 valence electrons. The predicted molar refractivity (Wildman–Crippen MR) is 45.6 cm³/mol. The van der Waals surface area contributed by atoms with E-state index in [2.05, 4.69) is 9.05 Å². The lowest BCUT2D eigenvalue weighted by atomic mass is 10.4. The van der Waals surface area contributed by atoms with E-state index in [1.807, 2.05) is 0 Å². The van der Waals surface area contributed by atoms with E-state index in [4.69, 9.17) is 15.1 Å². The molecule has 8 nitrogen and oxygen atoms in total. The van der Waals surface area contributed by atoms with Gasteiger partial charge in [-0.1, -0.05) is 0 Å². The molecular formula is C6H11O8P. The molecule has 3 unspecified atom stereocenters. The Bertz CT molecular complexity index is 268. The molecule has 3 N–H and O–H groups in total. The lowest BCUT2D eigenvalue weighted by Gasteiger charge is -2.16. The molecule has 3 atom stereocenters. The smallest absolute Gasteiger partial charge is 0.393 e. The van der Waals surface area contributed by atoms with Crippen molar-refractivity contribution < 1.29 is 38.3 Å². The summed E-state index contributed by atoms with van der Waals surface area (Å²) < 4.78 is 19.1. The zero-order valence-electron chi connectivity index (χ0n) is 7.77. The van der Waals surface area contributed by atoms with Crippen molar-refractivity contribution in [2.45, 2.75) is 19.3 Å². The number of carbonyl (C=O) groups is 2. The first kappa shape index (κ1) is 14.4. The van der Waals surface area contributed by atoms with Gasteiger partial charge in [0.1, 0.15) is 6.10 Å². The van der Waals surface area contributed by atoms with Crippen LogP contribution in [0.15, 0.2) is 0 Å². The van der Waals surface area contributed by atoms with E-state index >= 15 is 0 Å². The lowest BCUT2D eigenvalue weighted by molar-refractivity contribution is -0.142. The Balaban J connectivity index is 4.35. The highest BCUT2D eigenvalue weighted by Crippen LogP contribution is 2.45. The lowest BCUT2D eigenvalue weighted by Crippen LogP contribution is -2.23. The van der Waals surface area contributed by atoms with Crippen LogP contribution in [0.25, 0.3) is 0 Å². The molecule has 0 saturated carbocycles. The second-order valence-electron chi connectivity index (χ2n) is 2.50. The summed E-state index contributed by atoms with van der Waals surface area (Å²) in [5.74, 6) is -0.903. The average Bonchev–Trinajstić information content (AvgIpc) is 2.13. The third kappa shape index (κ3) is 5.73. The van der Waals surface area contributed by atoms with Crippen LogP contribution in [0, 0.1) is 0 Å². The van der Waals surface area contributed by atoms with Gasteiger partial charge in [-0.15, -0.1) is 0 Å². The Morgan fingerprint density at radius 3 is 2.40 bits per heavy atom. The maximum absolute atomic E-state index is 11.0. The third-order valence-corrected chi connectivity index (χ3v) is 2.18. The number of aldehydes is 1. The fourth-order valence-corrected chi connectivity index (χ4v) is 1.41. The topological polar surface area (TPSA) is 130 Å². The Kier molecular flexibility index (Phi) is 5.81. The number of aliphatic hydroxyl groups excluding tert-OH is 2. The molecule has 15 heavy (non-hydrogen) atoms. The minimum atomic E-state index is -4.75. The van der Waals surface area contributed by atoms with Crippen molar-refractivity contribution in [3.05, 3.63) is 0 Å². The summed E-state index contributed by atoms with van der Waals surface area (Å²) in [5, 5.41) is 17.2. The van der Waals surface area contributed by atoms with Crippen molar-refractivity contribution in [2.75, 3.05) is 6.61 Å². The summed E-state index contributed by atoms with van der Waals surface area (Å²) in [6.45, 7) is 0.0987. The number of aliphatic hydroxyl groups is 2. The summed E-state index contributed by atoms with van der Waals surface area (Å²) in [6.07, 6.45) is -3.60. The van der Waals surface area contributed by atoms with Crippen LogP contribution in [0.4, 0.5) is 0 Å². The SMILES string of the molecule is CC(=O)C(O)OP(=O)(O)OC(C=O)CO. The molecular weight excluding hydrogens is 231 g/mol. The highest BCUT2D eigenvalue weighted by molar-refractivity contribution is 7.47. The predicted octanol–water partition coefficient (Wildman–Crippen LogP) is -1.41. The number of phosphoric acid groups is 1. The normalized spacial score (nSPS) is 18.9. The van der Waals surface area contributed by atoms with Crippen LogP contribution in [-0.4, -0.2) is 46.2 Å². The molecule has 0 aliphatic heterocycles. The van der Waals surface area contributed by atoms with Crippen LogP contribution >= 0.6 is 7.82 Å². The molecule has 0 aliphatic carbocycles. The van der Waals surface area contributed by atoms with E-state index in [0.29, 0.717) is 0 Å². The molecule has 0 spiro atoms. The van der Waals surface area contributed by atoms with E-state index < -0.39 is 32.6 Å². The van der Waals surface area contributed by atoms with Gasteiger partial charge in [0, 0.05) is 0 Å². The second kappa shape index (κ2) is 6.06. The molecule has 0 amide bonds. The van der Waals surface area contributed by atoms with Gasteiger partial charge in [0.05, 0.1) is 6.61 Å². The maximum Gasteiger partial charge on any atom is 0.475 e. The minimum Gasteiger partial charge on any atom is -0.393 e. The number of Topliss-reactive ketones (excluding diaryl/α,β-unsaturated/α-hetero) is 1. The van der Waals surface area contributed by atoms with Gasteiger partial charge in [0.25, 0.3) is 0 Å². The third-order valence-electron chi connectivity index (χ3n) is 1.18. The monoisotopic (exact) mass is 242 g/mol. The Labute approximate surface area is 85.0 Å². The van der Waals surface area contributed by atoms with Gasteiger partial charge >= 0.3 is 7.82 Å². The Hall–Kier alpha value is -0.630. The van der Waals surface area contributed by atoms with Crippen LogP contribution < -0.4 is 0 Å². The Morgan fingerprint density at radius 2 is 2.07 bits per heavy atom. The number of rotatable bonds is 7. The average molecular weight is 242 g/mol. The molecule has 9 heteroatoms. The fraction of sp³-hybridized carbons (Fsp3) is 0.667. The van der Waals surface area contributed by atoms with Gasteiger partial charge in [-0.3, -0.25) is 9.32 Å². The van der Waals surface area contributed by atoms with Crippen molar-refractivity contribution in [3.63, 3.8) is 0 Å². The zero-order chi connectivity index (χ0) is 12.1. The maximum atomic E-state index is 11.0. The first-order chi connectivity index (χ1) is 6.82. The quantitative estimate of drug-likeness (QED) is 0.282. The summed E-state index contributed by atoms with van der Waals surface area (Å²) in [4.78, 5) is 29.5. The first-order valence-corrected chi connectivity index (χ1v) is 5.26. The number of ketones is 1. The standard InChI is InChI=1S/C6H11O8P/c1-4(9)6(10)14-15(11,12)13-5(2-7)3-8/h2,5-6,8,10H,3H2,1H3,(H,11,12). The van der Waals surface area contributed by atoms with Crippen molar-refractivity contribution in [3.8, 4) is 0 Å². The van der Waals surface area contributed by atoms with Crippen molar-refractivity contribution in [1.82, 2.24) is 0 Å². The van der Waals surface area contributed by atoms with Crippen LogP contribution in [0.3, 0.4) is 0 Å². The summed E-state index contributed by atoms with van der Waals surface area (Å²) >= 11 is 0. The zero-order valence-corrected chi connectivity index (χ0v) is 8.66. The highest BCUT2D eigenvalue weighted by atomic mass is 31.2. The fourth-order valence-electron chi connectivity index (χ4n) is 0.498. The van der Waals surface area contributed by atoms with E-state index in [-0.39, 0.29) is 6.29 Å². The molecule has 0 bridgehead atoms. The Morgan fingerprint density at radius 1 is 1.53 bits per heavy atom. The van der Waals surface area contributed by atoms with Crippen LogP contribution in [0.2, 0.25) is 0 Å². The van der Waals surface area contributed by atoms with E-state index in [1.165, 1.54) is 0 Å². The molecule has 0 aromatic heterocycles. The van der Waals surface area contributed by atoms with Gasteiger partial charge in [-0.05, 0) is 6.92 Å². The summed E-state index contributed by atoms with van der Waals surface area (Å²) in [5.41, 5.74) is 0. The molecule has 0 saturated heterocycles. The molecule has 0 aliphatic rings. The van der Waals surface area contributed by atoms with Crippen LogP contribution in [0.5, 0.6) is 0 Å². The van der Waals surface area contributed by atoms with Crippen molar-refractivity contribution >= 4 is 19.9 Å². The first-order valence-electron chi connectivity index (χ1n) is 3.76. The van der Waals surface area contributed by atoms with Crippen molar-refractivity contribution in [1.29, 1.82) is 0 Å².